The molecule has 0 saturated heterocycles. The third kappa shape index (κ3) is 2.94. The van der Waals surface area contributed by atoms with Crippen LogP contribution < -0.4 is 11.1 Å². The molecule has 0 aliphatic carbocycles. The van der Waals surface area contributed by atoms with Crippen molar-refractivity contribution in [2.24, 2.45) is 0 Å². The van der Waals surface area contributed by atoms with Crippen LogP contribution in [0.1, 0.15) is 30.9 Å². The average Bonchev–Trinajstić information content (AvgIpc) is 2.85. The molecule has 3 N–H and O–H groups in total. The largest absolute Gasteiger partial charge is 0.466 e. The Bertz CT molecular complexity index is 650. The van der Waals surface area contributed by atoms with Crippen molar-refractivity contribution in [3.63, 3.8) is 0 Å². The molecule has 1 aromatic heterocycles. The number of nitrogen functional groups attached to an aromatic ring is 1. The molecule has 4 heteroatoms. The lowest BCUT2D eigenvalue weighted by Crippen LogP contribution is -2.27. The second-order valence-corrected chi connectivity index (χ2v) is 5.56. The third-order valence-corrected chi connectivity index (χ3v) is 3.31. The van der Waals surface area contributed by atoms with Crippen molar-refractivity contribution in [3.8, 4) is 6.07 Å². The highest BCUT2D eigenvalue weighted by Crippen LogP contribution is 2.27. The average molecular weight is 269 g/mol. The first-order chi connectivity index (χ1) is 9.42. The number of nitriles is 1. The van der Waals surface area contributed by atoms with Gasteiger partial charge in [-0.1, -0.05) is 13.8 Å². The van der Waals surface area contributed by atoms with Gasteiger partial charge in [0.05, 0.1) is 23.0 Å². The van der Waals surface area contributed by atoms with E-state index >= 15 is 0 Å². The molecule has 0 amide bonds. The maximum absolute atomic E-state index is 8.93. The standard InChI is InChI=1S/C16H19N3O/c1-11-4-7-15(20-11)16(2,3)10-19-14-8-12(9-17)5-6-13(14)18/h4-8,19H,10,18H2,1-3H3. The molecule has 20 heavy (non-hydrogen) atoms. The molecular weight excluding hydrogens is 250 g/mol. The van der Waals surface area contributed by atoms with E-state index in [1.807, 2.05) is 19.1 Å². The number of nitrogens with zero attached hydrogens (tertiary/aromatic N) is 1. The Hall–Kier alpha value is -2.41. The van der Waals surface area contributed by atoms with E-state index in [0.29, 0.717) is 17.8 Å². The summed E-state index contributed by atoms with van der Waals surface area (Å²) in [5.74, 6) is 1.83. The summed E-state index contributed by atoms with van der Waals surface area (Å²) >= 11 is 0. The van der Waals surface area contributed by atoms with Crippen LogP contribution in [0.4, 0.5) is 11.4 Å². The Labute approximate surface area is 119 Å². The quantitative estimate of drug-likeness (QED) is 0.834. The Morgan fingerprint density at radius 2 is 2.05 bits per heavy atom. The minimum absolute atomic E-state index is 0.163. The molecule has 4 nitrogen and oxygen atoms in total. The molecule has 2 rings (SSSR count). The summed E-state index contributed by atoms with van der Waals surface area (Å²) in [6.45, 7) is 6.80. The van der Waals surface area contributed by atoms with Crippen LogP contribution in [0.25, 0.3) is 0 Å². The number of aryl methyl sites for hydroxylation is 1. The Balaban J connectivity index is 2.14. The lowest BCUT2D eigenvalue weighted by atomic mass is 9.90. The van der Waals surface area contributed by atoms with Gasteiger partial charge >= 0.3 is 0 Å². The van der Waals surface area contributed by atoms with E-state index in [1.54, 1.807) is 18.2 Å². The number of hydrogen-bond acceptors (Lipinski definition) is 4. The third-order valence-electron chi connectivity index (χ3n) is 3.31. The van der Waals surface area contributed by atoms with Gasteiger partial charge in [-0.3, -0.25) is 0 Å². The zero-order valence-corrected chi connectivity index (χ0v) is 12.0. The molecule has 0 unspecified atom stereocenters. The number of nitrogens with two attached hydrogens (primary N) is 1. The summed E-state index contributed by atoms with van der Waals surface area (Å²) in [6.07, 6.45) is 0. The summed E-state index contributed by atoms with van der Waals surface area (Å²) in [5, 5.41) is 12.2. The van der Waals surface area contributed by atoms with Crippen molar-refractivity contribution in [1.82, 2.24) is 0 Å². The SMILES string of the molecule is Cc1ccc(C(C)(C)CNc2cc(C#N)ccc2N)o1. The first-order valence-corrected chi connectivity index (χ1v) is 6.53. The minimum Gasteiger partial charge on any atom is -0.466 e. The molecule has 0 aliphatic heterocycles. The monoisotopic (exact) mass is 269 g/mol. The molecule has 104 valence electrons. The van der Waals surface area contributed by atoms with Crippen LogP contribution in [0.2, 0.25) is 0 Å². The fraction of sp³-hybridized carbons (Fsp3) is 0.312. The van der Waals surface area contributed by atoms with Crippen molar-refractivity contribution in [2.75, 3.05) is 17.6 Å². The van der Waals surface area contributed by atoms with Crippen molar-refractivity contribution < 1.29 is 4.42 Å². The van der Waals surface area contributed by atoms with E-state index in [1.165, 1.54) is 0 Å². The van der Waals surface area contributed by atoms with E-state index in [0.717, 1.165) is 17.2 Å². The summed E-state index contributed by atoms with van der Waals surface area (Å²) in [4.78, 5) is 0. The molecular formula is C16H19N3O. The maximum atomic E-state index is 8.93. The van der Waals surface area contributed by atoms with Crippen LogP contribution in [0.3, 0.4) is 0 Å². The van der Waals surface area contributed by atoms with Crippen molar-refractivity contribution in [3.05, 3.63) is 47.4 Å². The van der Waals surface area contributed by atoms with Gasteiger partial charge in [0.15, 0.2) is 0 Å². The van der Waals surface area contributed by atoms with Gasteiger partial charge in [-0.2, -0.15) is 5.26 Å². The molecule has 0 spiro atoms. The number of furan rings is 1. The predicted molar refractivity (Wildman–Crippen MR) is 80.5 cm³/mol. The van der Waals surface area contributed by atoms with Gasteiger partial charge < -0.3 is 15.5 Å². The molecule has 0 radical (unpaired) electrons. The van der Waals surface area contributed by atoms with Crippen LogP contribution in [0.15, 0.2) is 34.7 Å². The first kappa shape index (κ1) is 14.0. The molecule has 1 aromatic carbocycles. The van der Waals surface area contributed by atoms with Crippen LogP contribution in [-0.4, -0.2) is 6.54 Å². The Morgan fingerprint density at radius 3 is 2.65 bits per heavy atom. The van der Waals surface area contributed by atoms with E-state index in [9.17, 15) is 0 Å². The first-order valence-electron chi connectivity index (χ1n) is 6.53. The van der Waals surface area contributed by atoms with Crippen LogP contribution in [0, 0.1) is 18.3 Å². The fourth-order valence-corrected chi connectivity index (χ4v) is 1.98. The zero-order chi connectivity index (χ0) is 14.8. The summed E-state index contributed by atoms with van der Waals surface area (Å²) < 4.78 is 5.69. The number of nitrogens with one attached hydrogen (secondary N) is 1. The predicted octanol–water partition coefficient (Wildman–Crippen LogP) is 3.43. The van der Waals surface area contributed by atoms with E-state index < -0.39 is 0 Å². The smallest absolute Gasteiger partial charge is 0.111 e. The Kier molecular flexibility index (Phi) is 3.71. The summed E-state index contributed by atoms with van der Waals surface area (Å²) in [6, 6.07) is 11.3. The number of benzene rings is 1. The number of rotatable bonds is 4. The zero-order valence-electron chi connectivity index (χ0n) is 12.0. The highest BCUT2D eigenvalue weighted by molar-refractivity contribution is 5.68. The lowest BCUT2D eigenvalue weighted by molar-refractivity contribution is 0.386. The number of hydrogen-bond donors (Lipinski definition) is 2. The summed E-state index contributed by atoms with van der Waals surface area (Å²) in [7, 11) is 0. The summed E-state index contributed by atoms with van der Waals surface area (Å²) in [5.41, 5.74) is 7.76. The van der Waals surface area contributed by atoms with E-state index in [2.05, 4.69) is 25.2 Å². The molecule has 0 fully saturated rings. The van der Waals surface area contributed by atoms with Gasteiger partial charge in [-0.25, -0.2) is 0 Å². The van der Waals surface area contributed by atoms with Crippen LogP contribution in [0.5, 0.6) is 0 Å². The molecule has 0 bridgehead atoms. The normalized spacial score (nSPS) is 11.1. The lowest BCUT2D eigenvalue weighted by Gasteiger charge is -2.23. The van der Waals surface area contributed by atoms with Gasteiger partial charge in [-0.15, -0.1) is 0 Å². The minimum atomic E-state index is -0.163. The molecule has 0 atom stereocenters. The van der Waals surface area contributed by atoms with Crippen molar-refractivity contribution in [2.45, 2.75) is 26.2 Å². The van der Waals surface area contributed by atoms with Gasteiger partial charge in [0.1, 0.15) is 11.5 Å². The van der Waals surface area contributed by atoms with Gasteiger partial charge in [0, 0.05) is 12.0 Å². The van der Waals surface area contributed by atoms with Gasteiger partial charge in [0.2, 0.25) is 0 Å². The van der Waals surface area contributed by atoms with Gasteiger partial charge in [-0.05, 0) is 37.3 Å². The maximum Gasteiger partial charge on any atom is 0.111 e. The van der Waals surface area contributed by atoms with Crippen LogP contribution in [-0.2, 0) is 5.41 Å². The van der Waals surface area contributed by atoms with Gasteiger partial charge in [0.25, 0.3) is 0 Å². The molecule has 0 saturated carbocycles. The highest BCUT2D eigenvalue weighted by atomic mass is 16.3. The topological polar surface area (TPSA) is 75.0 Å². The van der Waals surface area contributed by atoms with Crippen molar-refractivity contribution >= 4 is 11.4 Å². The molecule has 0 aliphatic rings. The number of anilines is 2. The van der Waals surface area contributed by atoms with Crippen LogP contribution >= 0.6 is 0 Å². The van der Waals surface area contributed by atoms with E-state index in [-0.39, 0.29) is 5.41 Å². The molecule has 2 aromatic rings. The van der Waals surface area contributed by atoms with E-state index in [4.69, 9.17) is 15.4 Å². The fourth-order valence-electron chi connectivity index (χ4n) is 1.98. The molecule has 1 heterocycles. The Morgan fingerprint density at radius 1 is 1.30 bits per heavy atom. The second-order valence-electron chi connectivity index (χ2n) is 5.56. The second kappa shape index (κ2) is 5.30. The highest BCUT2D eigenvalue weighted by Gasteiger charge is 2.24. The van der Waals surface area contributed by atoms with Crippen molar-refractivity contribution in [1.29, 1.82) is 5.26 Å².